The van der Waals surface area contributed by atoms with Gasteiger partial charge in [-0.25, -0.2) is 31.8 Å². The molecule has 5 rings (SSSR count). The highest BCUT2D eigenvalue weighted by Crippen LogP contribution is 2.38. The predicted molar refractivity (Wildman–Crippen MR) is 161 cm³/mol. The van der Waals surface area contributed by atoms with Crippen molar-refractivity contribution in [3.8, 4) is 17.2 Å². The Hall–Kier alpha value is -4.23. The first-order valence-corrected chi connectivity index (χ1v) is 15.7. The molecule has 0 N–H and O–H groups in total. The van der Waals surface area contributed by atoms with Gasteiger partial charge in [-0.1, -0.05) is 6.42 Å². The molecule has 2 aromatic carbocycles. The van der Waals surface area contributed by atoms with Gasteiger partial charge in [-0.05, 0) is 55.5 Å². The van der Waals surface area contributed by atoms with E-state index in [1.54, 1.807) is 36.9 Å². The fraction of sp³-hybridized carbons (Fsp3) is 0.387. The Morgan fingerprint density at radius 3 is 2.59 bits per heavy atom. The second kappa shape index (κ2) is 13.6. The lowest BCUT2D eigenvalue weighted by Gasteiger charge is -2.32. The highest BCUT2D eigenvalue weighted by molar-refractivity contribution is 7.92. The normalized spacial score (nSPS) is 16.8. The van der Waals surface area contributed by atoms with E-state index in [1.807, 2.05) is 12.4 Å². The van der Waals surface area contributed by atoms with Crippen LogP contribution in [0, 0.1) is 12.7 Å². The zero-order chi connectivity index (χ0) is 31.3. The molecule has 234 valence electrons. The molecule has 4 aromatic rings. The molecule has 0 radical (unpaired) electrons. The van der Waals surface area contributed by atoms with Crippen LogP contribution in [0.2, 0.25) is 0 Å². The summed E-state index contributed by atoms with van der Waals surface area (Å²) in [4.78, 5) is 7.58. The van der Waals surface area contributed by atoms with Gasteiger partial charge in [0.25, 0.3) is 10.0 Å². The largest absolute Gasteiger partial charge is 0.497 e. The van der Waals surface area contributed by atoms with E-state index in [-0.39, 0.29) is 24.4 Å². The number of ether oxygens (including phenoxy) is 4. The molecule has 0 amide bonds. The van der Waals surface area contributed by atoms with Crippen LogP contribution in [-0.4, -0.2) is 55.6 Å². The molecule has 2 atom stereocenters. The van der Waals surface area contributed by atoms with Crippen LogP contribution in [0.5, 0.6) is 17.2 Å². The fourth-order valence-electron chi connectivity index (χ4n) is 5.49. The number of aryl methyl sites for hydroxylation is 1. The van der Waals surface area contributed by atoms with Crippen LogP contribution in [0.25, 0.3) is 0 Å². The average Bonchev–Trinajstić information content (AvgIpc) is 3.50. The van der Waals surface area contributed by atoms with E-state index in [0.717, 1.165) is 41.6 Å². The minimum absolute atomic E-state index is 0.0629. The van der Waals surface area contributed by atoms with E-state index in [4.69, 9.17) is 18.9 Å². The van der Waals surface area contributed by atoms with Gasteiger partial charge in [0.1, 0.15) is 52.9 Å². The molecule has 1 fully saturated rings. The van der Waals surface area contributed by atoms with Gasteiger partial charge in [0.05, 0.1) is 27.0 Å². The number of hydrogen-bond donors (Lipinski definition) is 0. The van der Waals surface area contributed by atoms with E-state index >= 15 is 4.39 Å². The number of methoxy groups -OCH3 is 3. The maximum Gasteiger partial charge on any atom is 0.268 e. The Labute approximate surface area is 256 Å². The number of benzene rings is 2. The standard InChI is InChI=1S/C31H36FN5O6S/c1-21-13-30(26(32)15-28(21)43-27-8-6-5-7-25(27)23-16-35-36(17-23)20-40-2)44(38,39)37(31-11-12-33-19-34-31)18-22-9-10-24(41-3)14-29(22)42-4/h9-17,19,25,27H,5-8,18,20H2,1-4H3/t25-,27+/m1/s1. The summed E-state index contributed by atoms with van der Waals surface area (Å²) in [6.07, 6.45) is 9.91. The molecule has 1 saturated carbocycles. The predicted octanol–water partition coefficient (Wildman–Crippen LogP) is 5.24. The number of rotatable bonds is 12. The molecular weight excluding hydrogens is 589 g/mol. The first-order chi connectivity index (χ1) is 21.2. The first kappa shape index (κ1) is 31.2. The topological polar surface area (TPSA) is 118 Å². The van der Waals surface area contributed by atoms with Crippen LogP contribution in [0.15, 0.2) is 66.2 Å². The molecule has 13 heteroatoms. The van der Waals surface area contributed by atoms with Crippen molar-refractivity contribution in [2.45, 2.75) is 62.8 Å². The van der Waals surface area contributed by atoms with Crippen molar-refractivity contribution in [1.29, 1.82) is 0 Å². The van der Waals surface area contributed by atoms with Gasteiger partial charge in [0.2, 0.25) is 0 Å². The molecule has 0 unspecified atom stereocenters. The molecule has 44 heavy (non-hydrogen) atoms. The number of sulfonamides is 1. The third-order valence-corrected chi connectivity index (χ3v) is 9.52. The molecule has 0 bridgehead atoms. The highest BCUT2D eigenvalue weighted by atomic mass is 32.2. The first-order valence-electron chi connectivity index (χ1n) is 14.2. The average molecular weight is 626 g/mol. The quantitative estimate of drug-likeness (QED) is 0.208. The minimum atomic E-state index is -4.45. The lowest BCUT2D eigenvalue weighted by atomic mass is 9.83. The smallest absolute Gasteiger partial charge is 0.268 e. The Bertz CT molecular complexity index is 1680. The summed E-state index contributed by atoms with van der Waals surface area (Å²) < 4.78 is 69.2. The van der Waals surface area contributed by atoms with E-state index in [1.165, 1.54) is 38.9 Å². The molecule has 11 nitrogen and oxygen atoms in total. The second-order valence-electron chi connectivity index (χ2n) is 10.6. The number of halogens is 1. The molecule has 1 aliphatic carbocycles. The Morgan fingerprint density at radius 1 is 1.05 bits per heavy atom. The molecular formula is C31H36FN5O6S. The van der Waals surface area contributed by atoms with Gasteiger partial charge < -0.3 is 18.9 Å². The van der Waals surface area contributed by atoms with Crippen LogP contribution in [0.3, 0.4) is 0 Å². The van der Waals surface area contributed by atoms with Crippen LogP contribution in [0.1, 0.15) is 48.3 Å². The number of aromatic nitrogens is 4. The molecule has 1 aliphatic rings. The van der Waals surface area contributed by atoms with Crippen molar-refractivity contribution in [3.05, 3.63) is 83.8 Å². The van der Waals surface area contributed by atoms with Gasteiger partial charge in [0, 0.05) is 49.2 Å². The van der Waals surface area contributed by atoms with E-state index in [0.29, 0.717) is 35.1 Å². The Balaban J connectivity index is 1.46. The molecule has 0 aliphatic heterocycles. The molecule has 0 saturated heterocycles. The third-order valence-electron chi connectivity index (χ3n) is 7.75. The molecule has 0 spiro atoms. The maximum absolute atomic E-state index is 15.9. The Kier molecular flexibility index (Phi) is 9.64. The number of anilines is 1. The zero-order valence-electron chi connectivity index (χ0n) is 25.1. The fourth-order valence-corrected chi connectivity index (χ4v) is 7.03. The van der Waals surface area contributed by atoms with Gasteiger partial charge >= 0.3 is 0 Å². The minimum Gasteiger partial charge on any atom is -0.497 e. The zero-order valence-corrected chi connectivity index (χ0v) is 26.0. The number of hydrogen-bond acceptors (Lipinski definition) is 9. The summed E-state index contributed by atoms with van der Waals surface area (Å²) in [5.41, 5.74) is 2.05. The van der Waals surface area contributed by atoms with Crippen LogP contribution in [-0.2, 0) is 28.0 Å². The summed E-state index contributed by atoms with van der Waals surface area (Å²) in [6.45, 7) is 1.88. The van der Waals surface area contributed by atoms with Crippen molar-refractivity contribution in [2.75, 3.05) is 25.6 Å². The van der Waals surface area contributed by atoms with Gasteiger partial charge in [-0.3, -0.25) is 0 Å². The van der Waals surface area contributed by atoms with Crippen molar-refractivity contribution < 1.29 is 31.8 Å². The summed E-state index contributed by atoms with van der Waals surface area (Å²) in [5.74, 6) is 0.471. The lowest BCUT2D eigenvalue weighted by Crippen LogP contribution is -2.32. The van der Waals surface area contributed by atoms with Crippen LogP contribution >= 0.6 is 0 Å². The summed E-state index contributed by atoms with van der Waals surface area (Å²) >= 11 is 0. The highest BCUT2D eigenvalue weighted by Gasteiger charge is 2.33. The van der Waals surface area contributed by atoms with Crippen molar-refractivity contribution in [2.24, 2.45) is 0 Å². The van der Waals surface area contributed by atoms with Gasteiger partial charge in [0.15, 0.2) is 0 Å². The van der Waals surface area contributed by atoms with Crippen molar-refractivity contribution in [1.82, 2.24) is 19.7 Å². The number of nitrogens with zero attached hydrogens (tertiary/aromatic N) is 5. The van der Waals surface area contributed by atoms with Gasteiger partial charge in [-0.15, -0.1) is 0 Å². The summed E-state index contributed by atoms with van der Waals surface area (Å²) in [7, 11) is 0.161. The van der Waals surface area contributed by atoms with Crippen LogP contribution in [0.4, 0.5) is 10.2 Å². The maximum atomic E-state index is 15.9. The van der Waals surface area contributed by atoms with E-state index in [9.17, 15) is 8.42 Å². The summed E-state index contributed by atoms with van der Waals surface area (Å²) in [5, 5.41) is 4.37. The van der Waals surface area contributed by atoms with Crippen molar-refractivity contribution >= 4 is 15.8 Å². The van der Waals surface area contributed by atoms with Gasteiger partial charge in [-0.2, -0.15) is 5.10 Å². The van der Waals surface area contributed by atoms with E-state index < -0.39 is 20.7 Å². The monoisotopic (exact) mass is 625 g/mol. The third kappa shape index (κ3) is 6.63. The van der Waals surface area contributed by atoms with Crippen molar-refractivity contribution in [3.63, 3.8) is 0 Å². The SMILES string of the molecule is COCn1cc([C@H]2CCCC[C@@H]2Oc2cc(F)c(S(=O)(=O)N(Cc3ccc(OC)cc3OC)c3ccncn3)cc2C)cn1. The second-order valence-corrected chi connectivity index (χ2v) is 12.4. The Morgan fingerprint density at radius 2 is 1.86 bits per heavy atom. The van der Waals surface area contributed by atoms with E-state index in [2.05, 4.69) is 15.1 Å². The van der Waals surface area contributed by atoms with Crippen LogP contribution < -0.4 is 18.5 Å². The molecule has 2 heterocycles. The molecule has 2 aromatic heterocycles. The summed E-state index contributed by atoms with van der Waals surface area (Å²) in [6, 6.07) is 8.97. The lowest BCUT2D eigenvalue weighted by molar-refractivity contribution is 0.119.